The van der Waals surface area contributed by atoms with Crippen LogP contribution in [-0.4, -0.2) is 22.1 Å². The molecule has 2 aromatic rings. The van der Waals surface area contributed by atoms with E-state index in [4.69, 9.17) is 16.1 Å². The zero-order chi connectivity index (χ0) is 17.2. The summed E-state index contributed by atoms with van der Waals surface area (Å²) in [4.78, 5) is 16.4. The maximum atomic E-state index is 12.1. The Bertz CT molecular complexity index is 733. The van der Waals surface area contributed by atoms with E-state index in [1.165, 1.54) is 18.4 Å². The quantitative estimate of drug-likeness (QED) is 0.811. The monoisotopic (exact) mass is 359 g/mol. The van der Waals surface area contributed by atoms with Gasteiger partial charge < -0.3 is 9.84 Å². The van der Waals surface area contributed by atoms with Gasteiger partial charge in [0.15, 0.2) is 5.82 Å². The van der Waals surface area contributed by atoms with Crippen LogP contribution >= 0.6 is 11.6 Å². The first-order valence-electron chi connectivity index (χ1n) is 9.04. The predicted octanol–water partition coefficient (Wildman–Crippen LogP) is 3.99. The Morgan fingerprint density at radius 1 is 1.20 bits per heavy atom. The van der Waals surface area contributed by atoms with Gasteiger partial charge in [0.1, 0.15) is 0 Å². The van der Waals surface area contributed by atoms with E-state index >= 15 is 0 Å². The van der Waals surface area contributed by atoms with E-state index in [1.807, 2.05) is 12.1 Å². The molecular formula is C19H22ClN3O2. The van der Waals surface area contributed by atoms with E-state index < -0.39 is 0 Å². The maximum absolute atomic E-state index is 12.1. The second-order valence-corrected chi connectivity index (χ2v) is 7.59. The number of hydrogen-bond donors (Lipinski definition) is 1. The fourth-order valence-electron chi connectivity index (χ4n) is 3.32. The Morgan fingerprint density at radius 3 is 2.68 bits per heavy atom. The number of hydrogen-bond acceptors (Lipinski definition) is 4. The highest BCUT2D eigenvalue weighted by molar-refractivity contribution is 6.30. The van der Waals surface area contributed by atoms with Gasteiger partial charge in [-0.25, -0.2) is 0 Å². The summed E-state index contributed by atoms with van der Waals surface area (Å²) in [5, 5.41) is 7.87. The van der Waals surface area contributed by atoms with Crippen molar-refractivity contribution in [1.29, 1.82) is 0 Å². The summed E-state index contributed by atoms with van der Waals surface area (Å²) in [5.74, 6) is 2.64. The minimum Gasteiger partial charge on any atom is -0.353 e. The minimum absolute atomic E-state index is 0.112. The number of nitrogens with zero attached hydrogens (tertiary/aromatic N) is 2. The summed E-state index contributed by atoms with van der Waals surface area (Å²) in [7, 11) is 0. The number of benzene rings is 1. The molecule has 1 aromatic carbocycles. The van der Waals surface area contributed by atoms with Crippen molar-refractivity contribution in [2.45, 2.75) is 62.8 Å². The third-order valence-electron chi connectivity index (χ3n) is 5.07. The van der Waals surface area contributed by atoms with Gasteiger partial charge in [0, 0.05) is 29.8 Å². The zero-order valence-corrected chi connectivity index (χ0v) is 14.8. The molecule has 25 heavy (non-hydrogen) atoms. The molecular weight excluding hydrogens is 338 g/mol. The maximum Gasteiger partial charge on any atom is 0.226 e. The van der Waals surface area contributed by atoms with Gasteiger partial charge in [0.2, 0.25) is 11.8 Å². The van der Waals surface area contributed by atoms with Gasteiger partial charge in [-0.15, -0.1) is 0 Å². The molecule has 1 heterocycles. The van der Waals surface area contributed by atoms with Crippen molar-refractivity contribution in [3.8, 4) is 0 Å². The Labute approximate surface area is 152 Å². The Kier molecular flexibility index (Phi) is 4.75. The summed E-state index contributed by atoms with van der Waals surface area (Å²) >= 11 is 5.92. The van der Waals surface area contributed by atoms with Crippen LogP contribution in [0.25, 0.3) is 0 Å². The van der Waals surface area contributed by atoms with Crippen LogP contribution in [0.5, 0.6) is 0 Å². The van der Waals surface area contributed by atoms with E-state index in [-0.39, 0.29) is 11.9 Å². The van der Waals surface area contributed by atoms with E-state index in [0.29, 0.717) is 30.6 Å². The molecule has 0 radical (unpaired) electrons. The van der Waals surface area contributed by atoms with Crippen molar-refractivity contribution in [2.75, 3.05) is 0 Å². The summed E-state index contributed by atoms with van der Waals surface area (Å²) in [5.41, 5.74) is 1.30. The van der Waals surface area contributed by atoms with Crippen LogP contribution < -0.4 is 5.32 Å². The number of aromatic nitrogens is 2. The van der Waals surface area contributed by atoms with Gasteiger partial charge in [0.25, 0.3) is 0 Å². The number of carbonyl (C=O) groups is 1. The molecule has 1 N–H and O–H groups in total. The predicted molar refractivity (Wildman–Crippen MR) is 94.6 cm³/mol. The van der Waals surface area contributed by atoms with Crippen LogP contribution in [0, 0.1) is 0 Å². The van der Waals surface area contributed by atoms with Crippen LogP contribution in [0.4, 0.5) is 0 Å². The van der Waals surface area contributed by atoms with E-state index in [1.54, 1.807) is 0 Å². The molecule has 0 bridgehead atoms. The summed E-state index contributed by atoms with van der Waals surface area (Å²) < 4.78 is 5.23. The summed E-state index contributed by atoms with van der Waals surface area (Å²) in [6.07, 6.45) is 6.25. The van der Waals surface area contributed by atoms with Crippen LogP contribution in [0.15, 0.2) is 28.8 Å². The first kappa shape index (κ1) is 16.6. The average molecular weight is 360 g/mol. The van der Waals surface area contributed by atoms with Crippen molar-refractivity contribution in [3.05, 3.63) is 46.6 Å². The fourth-order valence-corrected chi connectivity index (χ4v) is 3.45. The second-order valence-electron chi connectivity index (χ2n) is 7.16. The fraction of sp³-hybridized carbons (Fsp3) is 0.526. The molecule has 1 amide bonds. The highest BCUT2D eigenvalue weighted by Crippen LogP contribution is 2.38. The highest BCUT2D eigenvalue weighted by Gasteiger charge is 2.31. The molecule has 0 aliphatic heterocycles. The van der Waals surface area contributed by atoms with Gasteiger partial charge in [0.05, 0.1) is 0 Å². The van der Waals surface area contributed by atoms with Crippen molar-refractivity contribution in [2.24, 2.45) is 0 Å². The SMILES string of the molecule is O=C(CCCc1nc(C2CC2)no1)NC1CC(c2ccc(Cl)cc2)C1. The molecule has 2 saturated carbocycles. The molecule has 1 aromatic heterocycles. The Morgan fingerprint density at radius 2 is 1.96 bits per heavy atom. The van der Waals surface area contributed by atoms with Crippen molar-refractivity contribution < 1.29 is 9.32 Å². The molecule has 0 saturated heterocycles. The molecule has 2 aliphatic carbocycles. The standard InChI is InChI=1S/C19H22ClN3O2/c20-15-8-6-12(7-9-15)14-10-16(11-14)21-17(24)2-1-3-18-22-19(23-25-18)13-4-5-13/h6-9,13-14,16H,1-5,10-11H2,(H,21,24). The topological polar surface area (TPSA) is 68.0 Å². The smallest absolute Gasteiger partial charge is 0.226 e. The number of halogens is 1. The first-order chi connectivity index (χ1) is 12.2. The number of aryl methyl sites for hydroxylation is 1. The lowest BCUT2D eigenvalue weighted by Gasteiger charge is -2.36. The van der Waals surface area contributed by atoms with Crippen molar-refractivity contribution in [3.63, 3.8) is 0 Å². The zero-order valence-electron chi connectivity index (χ0n) is 14.1. The molecule has 4 rings (SSSR count). The van der Waals surface area contributed by atoms with Crippen molar-refractivity contribution >= 4 is 17.5 Å². The number of nitrogens with one attached hydrogen (secondary N) is 1. The number of amides is 1. The lowest BCUT2D eigenvalue weighted by atomic mass is 9.76. The Balaban J connectivity index is 1.14. The number of carbonyl (C=O) groups excluding carboxylic acids is 1. The number of rotatable bonds is 7. The van der Waals surface area contributed by atoms with E-state index in [0.717, 1.165) is 30.1 Å². The molecule has 5 nitrogen and oxygen atoms in total. The lowest BCUT2D eigenvalue weighted by Crippen LogP contribution is -2.43. The molecule has 0 unspecified atom stereocenters. The van der Waals surface area contributed by atoms with E-state index in [9.17, 15) is 4.79 Å². The minimum atomic E-state index is 0.112. The summed E-state index contributed by atoms with van der Waals surface area (Å²) in [6.45, 7) is 0. The van der Waals surface area contributed by atoms with Crippen LogP contribution in [0.2, 0.25) is 5.02 Å². The molecule has 2 fully saturated rings. The highest BCUT2D eigenvalue weighted by atomic mass is 35.5. The Hall–Kier alpha value is -1.88. The van der Waals surface area contributed by atoms with Crippen LogP contribution in [0.1, 0.15) is 67.6 Å². The van der Waals surface area contributed by atoms with Crippen molar-refractivity contribution in [1.82, 2.24) is 15.5 Å². The molecule has 0 spiro atoms. The van der Waals surface area contributed by atoms with Gasteiger partial charge in [-0.2, -0.15) is 4.98 Å². The lowest BCUT2D eigenvalue weighted by molar-refractivity contribution is -0.122. The third kappa shape index (κ3) is 4.21. The molecule has 6 heteroatoms. The third-order valence-corrected chi connectivity index (χ3v) is 5.32. The van der Waals surface area contributed by atoms with Gasteiger partial charge in [-0.05, 0) is 55.7 Å². The molecule has 2 aliphatic rings. The van der Waals surface area contributed by atoms with Gasteiger partial charge in [-0.3, -0.25) is 4.79 Å². The molecule has 0 atom stereocenters. The normalized spacial score (nSPS) is 22.4. The average Bonchev–Trinajstić information content (AvgIpc) is 3.31. The summed E-state index contributed by atoms with van der Waals surface area (Å²) in [6, 6.07) is 8.29. The van der Waals surface area contributed by atoms with Crippen LogP contribution in [0.3, 0.4) is 0 Å². The molecule has 132 valence electrons. The van der Waals surface area contributed by atoms with Crippen LogP contribution in [-0.2, 0) is 11.2 Å². The van der Waals surface area contributed by atoms with E-state index in [2.05, 4.69) is 27.6 Å². The van der Waals surface area contributed by atoms with Gasteiger partial charge in [-0.1, -0.05) is 28.9 Å². The largest absolute Gasteiger partial charge is 0.353 e. The second kappa shape index (κ2) is 7.16. The van der Waals surface area contributed by atoms with Gasteiger partial charge >= 0.3 is 0 Å². The first-order valence-corrected chi connectivity index (χ1v) is 9.42.